The first-order valence-corrected chi connectivity index (χ1v) is 7.26. The summed E-state index contributed by atoms with van der Waals surface area (Å²) in [5.74, 6) is 1.15. The predicted octanol–water partition coefficient (Wildman–Crippen LogP) is 2.95. The van der Waals surface area contributed by atoms with Gasteiger partial charge >= 0.3 is 0 Å². The number of nitrogens with zero attached hydrogens (tertiary/aromatic N) is 1. The monoisotopic (exact) mass is 286 g/mol. The second-order valence-electron chi connectivity index (χ2n) is 3.78. The number of hydrogen-bond acceptors (Lipinski definition) is 5. The molecule has 0 aliphatic rings. The maximum atomic E-state index is 9.37. The molecule has 0 bridgehead atoms. The Morgan fingerprint density at radius 2 is 2.39 bits per heavy atom. The van der Waals surface area contributed by atoms with Gasteiger partial charge in [-0.3, -0.25) is 0 Å². The van der Waals surface area contributed by atoms with Gasteiger partial charge in [-0.05, 0) is 17.9 Å². The van der Waals surface area contributed by atoms with E-state index in [1.165, 1.54) is 0 Å². The highest BCUT2D eigenvalue weighted by atomic mass is 35.5. The lowest BCUT2D eigenvalue weighted by molar-refractivity contribution is 0.211. The maximum Gasteiger partial charge on any atom is 0.256 e. The van der Waals surface area contributed by atoms with E-state index in [-0.39, 0.29) is 5.88 Å². The molecule has 0 fully saturated rings. The summed E-state index contributed by atoms with van der Waals surface area (Å²) in [5.41, 5.74) is 2.47. The Morgan fingerprint density at radius 3 is 3.11 bits per heavy atom. The van der Waals surface area contributed by atoms with E-state index in [2.05, 4.69) is 17.2 Å². The Balaban J connectivity index is 2.11. The molecule has 2 rings (SSSR count). The van der Waals surface area contributed by atoms with Crippen LogP contribution in [0.5, 0.6) is 0 Å². The van der Waals surface area contributed by atoms with Crippen LogP contribution in [0.2, 0.25) is 0 Å². The van der Waals surface area contributed by atoms with Crippen molar-refractivity contribution in [3.05, 3.63) is 18.2 Å². The van der Waals surface area contributed by atoms with Crippen molar-refractivity contribution in [3.63, 3.8) is 0 Å². The number of aromatic nitrogens is 1. The van der Waals surface area contributed by atoms with Crippen LogP contribution in [0.15, 0.2) is 27.8 Å². The average Bonchev–Trinajstić information content (AvgIpc) is 2.77. The minimum Gasteiger partial charge on any atom is -0.431 e. The smallest absolute Gasteiger partial charge is 0.256 e. The lowest BCUT2D eigenvalue weighted by atomic mass is 10.3. The Bertz CT molecular complexity index is 518. The van der Waals surface area contributed by atoms with Crippen molar-refractivity contribution in [2.24, 2.45) is 0 Å². The number of benzene rings is 1. The summed E-state index contributed by atoms with van der Waals surface area (Å²) in [6.45, 7) is 2.47. The number of hydrogen-bond donors (Lipinski definition) is 2. The number of fused-ring (bicyclic) bond motifs is 1. The topological polar surface area (TPSA) is 58.3 Å². The third kappa shape index (κ3) is 3.31. The van der Waals surface area contributed by atoms with Crippen LogP contribution in [0.1, 0.15) is 6.92 Å². The van der Waals surface area contributed by atoms with E-state index >= 15 is 0 Å². The van der Waals surface area contributed by atoms with E-state index in [0.29, 0.717) is 11.8 Å². The van der Waals surface area contributed by atoms with Crippen molar-refractivity contribution in [1.29, 1.82) is 0 Å². The van der Waals surface area contributed by atoms with Crippen molar-refractivity contribution >= 4 is 40.1 Å². The Hall–Kier alpha value is -0.910. The first-order chi connectivity index (χ1) is 8.72. The van der Waals surface area contributed by atoms with Crippen LogP contribution >= 0.6 is 23.4 Å². The molecule has 1 unspecified atom stereocenters. The molecule has 0 aliphatic carbocycles. The highest BCUT2D eigenvalue weighted by molar-refractivity contribution is 7.99. The molecule has 1 aromatic carbocycles. The summed E-state index contributed by atoms with van der Waals surface area (Å²) in [7, 11) is 0. The van der Waals surface area contributed by atoms with Gasteiger partial charge in [-0.1, -0.05) is 18.7 Å². The molecule has 1 aromatic heterocycles. The fourth-order valence-electron chi connectivity index (χ4n) is 1.49. The van der Waals surface area contributed by atoms with Gasteiger partial charge in [0.15, 0.2) is 5.58 Å². The third-order valence-corrected chi connectivity index (χ3v) is 3.42. The van der Waals surface area contributed by atoms with E-state index < -0.39 is 6.10 Å². The molecule has 0 radical (unpaired) electrons. The largest absolute Gasteiger partial charge is 0.431 e. The molecule has 98 valence electrons. The average molecular weight is 287 g/mol. The van der Waals surface area contributed by atoms with E-state index in [9.17, 15) is 5.11 Å². The summed E-state index contributed by atoms with van der Waals surface area (Å²) in [6, 6.07) is 5.68. The zero-order valence-corrected chi connectivity index (χ0v) is 11.6. The molecule has 1 heterocycles. The number of alkyl halides is 1. The first-order valence-electron chi connectivity index (χ1n) is 5.74. The lowest BCUT2D eigenvalue weighted by Gasteiger charge is -2.09. The Kier molecular flexibility index (Phi) is 4.74. The fraction of sp³-hybridized carbons (Fsp3) is 0.417. The molecule has 18 heavy (non-hydrogen) atoms. The second kappa shape index (κ2) is 6.31. The molecule has 0 amide bonds. The van der Waals surface area contributed by atoms with Crippen molar-refractivity contribution in [2.45, 2.75) is 18.3 Å². The van der Waals surface area contributed by atoms with Crippen LogP contribution in [0, 0.1) is 0 Å². The van der Waals surface area contributed by atoms with Gasteiger partial charge < -0.3 is 14.8 Å². The minimum absolute atomic E-state index is 0.217. The van der Waals surface area contributed by atoms with Crippen LogP contribution in [-0.4, -0.2) is 34.4 Å². The summed E-state index contributed by atoms with van der Waals surface area (Å²) < 4.78 is 5.61. The SMILES string of the molecule is CCSc1nc2ccc(NCC(O)CCl)cc2o1. The van der Waals surface area contributed by atoms with Crippen LogP contribution in [-0.2, 0) is 0 Å². The Labute approximate surface area is 115 Å². The van der Waals surface area contributed by atoms with Crippen molar-refractivity contribution in [2.75, 3.05) is 23.5 Å². The molecule has 6 heteroatoms. The Morgan fingerprint density at radius 1 is 1.56 bits per heavy atom. The number of anilines is 1. The summed E-state index contributed by atoms with van der Waals surface area (Å²) >= 11 is 7.10. The number of aliphatic hydroxyl groups excluding tert-OH is 1. The first kappa shape index (κ1) is 13.5. The van der Waals surface area contributed by atoms with Crippen molar-refractivity contribution in [1.82, 2.24) is 4.98 Å². The van der Waals surface area contributed by atoms with Gasteiger partial charge in [-0.2, -0.15) is 0 Å². The summed E-state index contributed by atoms with van der Waals surface area (Å²) in [4.78, 5) is 4.35. The lowest BCUT2D eigenvalue weighted by Crippen LogP contribution is -2.20. The molecule has 0 spiro atoms. The van der Waals surface area contributed by atoms with E-state index in [4.69, 9.17) is 16.0 Å². The normalized spacial score (nSPS) is 12.8. The highest BCUT2D eigenvalue weighted by Crippen LogP contribution is 2.25. The van der Waals surface area contributed by atoms with Gasteiger partial charge in [0.1, 0.15) is 5.52 Å². The highest BCUT2D eigenvalue weighted by Gasteiger charge is 2.07. The number of oxazole rings is 1. The number of rotatable bonds is 6. The number of halogens is 1. The van der Waals surface area contributed by atoms with Gasteiger partial charge in [0.2, 0.25) is 0 Å². The second-order valence-corrected chi connectivity index (χ2v) is 5.31. The number of thioether (sulfide) groups is 1. The zero-order valence-electron chi connectivity index (χ0n) is 10.0. The van der Waals surface area contributed by atoms with Crippen LogP contribution < -0.4 is 5.32 Å². The van der Waals surface area contributed by atoms with Crippen LogP contribution in [0.3, 0.4) is 0 Å². The summed E-state index contributed by atoms with van der Waals surface area (Å²) in [5, 5.41) is 13.2. The molecule has 0 aliphatic heterocycles. The van der Waals surface area contributed by atoms with E-state index in [0.717, 1.165) is 22.5 Å². The maximum absolute atomic E-state index is 9.37. The van der Waals surface area contributed by atoms with Gasteiger partial charge in [0.25, 0.3) is 5.22 Å². The fourth-order valence-corrected chi connectivity index (χ4v) is 2.16. The van der Waals surface area contributed by atoms with Crippen LogP contribution in [0.4, 0.5) is 5.69 Å². The quantitative estimate of drug-likeness (QED) is 0.631. The van der Waals surface area contributed by atoms with Gasteiger partial charge in [0, 0.05) is 18.3 Å². The molecule has 2 aromatic rings. The molecular weight excluding hydrogens is 272 g/mol. The molecule has 4 nitrogen and oxygen atoms in total. The number of aliphatic hydroxyl groups is 1. The van der Waals surface area contributed by atoms with Gasteiger partial charge in [-0.15, -0.1) is 11.6 Å². The molecule has 0 saturated heterocycles. The van der Waals surface area contributed by atoms with Crippen molar-refractivity contribution in [3.8, 4) is 0 Å². The third-order valence-electron chi connectivity index (χ3n) is 2.36. The zero-order chi connectivity index (χ0) is 13.0. The van der Waals surface area contributed by atoms with E-state index in [1.54, 1.807) is 11.8 Å². The van der Waals surface area contributed by atoms with Crippen molar-refractivity contribution < 1.29 is 9.52 Å². The molecular formula is C12H15ClN2O2S. The van der Waals surface area contributed by atoms with Gasteiger partial charge in [0.05, 0.1) is 12.0 Å². The molecule has 0 saturated carbocycles. The van der Waals surface area contributed by atoms with E-state index in [1.807, 2.05) is 18.2 Å². The molecule has 1 atom stereocenters. The predicted molar refractivity (Wildman–Crippen MR) is 75.6 cm³/mol. The number of nitrogens with one attached hydrogen (secondary N) is 1. The minimum atomic E-state index is -0.553. The summed E-state index contributed by atoms with van der Waals surface area (Å²) in [6.07, 6.45) is -0.553. The van der Waals surface area contributed by atoms with Crippen LogP contribution in [0.25, 0.3) is 11.1 Å². The van der Waals surface area contributed by atoms with Gasteiger partial charge in [-0.25, -0.2) is 4.98 Å². The molecule has 2 N–H and O–H groups in total. The standard InChI is InChI=1S/C12H15ClN2O2S/c1-2-18-12-15-10-4-3-8(5-11(10)17-12)14-7-9(16)6-13/h3-5,9,14,16H,2,6-7H2,1H3.